The van der Waals surface area contributed by atoms with Crippen LogP contribution in [-0.2, 0) is 11.2 Å². The molecule has 1 saturated carbocycles. The molecule has 29 heavy (non-hydrogen) atoms. The SMILES string of the molecule is CN=C(NCCc1cc(Cl)c2c(c1)OCCO2)NCC1(C(=O)N(C)C)CCCC1. The Morgan fingerprint density at radius 1 is 1.21 bits per heavy atom. The minimum atomic E-state index is -0.329. The van der Waals surface area contributed by atoms with E-state index in [2.05, 4.69) is 15.6 Å². The summed E-state index contributed by atoms with van der Waals surface area (Å²) < 4.78 is 11.2. The third-order valence-electron chi connectivity index (χ3n) is 5.60. The zero-order chi connectivity index (χ0) is 20.9. The molecule has 2 N–H and O–H groups in total. The van der Waals surface area contributed by atoms with E-state index < -0.39 is 0 Å². The third kappa shape index (κ3) is 5.07. The maximum atomic E-state index is 12.7. The lowest BCUT2D eigenvalue weighted by Crippen LogP contribution is -2.49. The second-order valence-electron chi connectivity index (χ2n) is 7.89. The highest BCUT2D eigenvalue weighted by Crippen LogP contribution is 2.39. The number of nitrogens with zero attached hydrogens (tertiary/aromatic N) is 2. The van der Waals surface area contributed by atoms with Crippen LogP contribution >= 0.6 is 11.6 Å². The first kappa shape index (κ1) is 21.6. The lowest BCUT2D eigenvalue weighted by Gasteiger charge is -2.31. The summed E-state index contributed by atoms with van der Waals surface area (Å²) in [5.41, 5.74) is 0.738. The predicted molar refractivity (Wildman–Crippen MR) is 115 cm³/mol. The van der Waals surface area contributed by atoms with Crippen molar-refractivity contribution in [3.63, 3.8) is 0 Å². The second-order valence-corrected chi connectivity index (χ2v) is 8.30. The highest BCUT2D eigenvalue weighted by atomic mass is 35.5. The standard InChI is InChI=1S/C21H31ClN4O3/c1-23-20(25-14-21(7-4-5-8-21)19(27)26(2)3)24-9-6-15-12-16(22)18-17(13-15)28-10-11-29-18/h12-13H,4-11,14H2,1-3H3,(H2,23,24,25). The Morgan fingerprint density at radius 2 is 1.93 bits per heavy atom. The van der Waals surface area contributed by atoms with Gasteiger partial charge in [0.1, 0.15) is 13.2 Å². The molecule has 1 fully saturated rings. The number of hydrogen-bond acceptors (Lipinski definition) is 4. The van der Waals surface area contributed by atoms with Gasteiger partial charge in [-0.1, -0.05) is 24.4 Å². The van der Waals surface area contributed by atoms with Gasteiger partial charge in [0.15, 0.2) is 17.5 Å². The van der Waals surface area contributed by atoms with Crippen molar-refractivity contribution in [3.05, 3.63) is 22.7 Å². The Morgan fingerprint density at radius 3 is 2.62 bits per heavy atom. The Kier molecular flexibility index (Phi) is 7.11. The number of carbonyl (C=O) groups is 1. The summed E-state index contributed by atoms with van der Waals surface area (Å²) in [7, 11) is 5.40. The van der Waals surface area contributed by atoms with Gasteiger partial charge in [-0.3, -0.25) is 9.79 Å². The molecule has 0 radical (unpaired) electrons. The van der Waals surface area contributed by atoms with Crippen molar-refractivity contribution in [2.45, 2.75) is 32.1 Å². The molecule has 8 heteroatoms. The summed E-state index contributed by atoms with van der Waals surface area (Å²) in [6.07, 6.45) is 4.79. The molecular formula is C21H31ClN4O3. The lowest BCUT2D eigenvalue weighted by molar-refractivity contribution is -0.138. The van der Waals surface area contributed by atoms with Crippen molar-refractivity contribution >= 4 is 23.5 Å². The minimum Gasteiger partial charge on any atom is -0.486 e. The molecule has 0 unspecified atom stereocenters. The van der Waals surface area contributed by atoms with E-state index in [0.29, 0.717) is 48.8 Å². The van der Waals surface area contributed by atoms with Crippen molar-refractivity contribution < 1.29 is 14.3 Å². The molecule has 7 nitrogen and oxygen atoms in total. The van der Waals surface area contributed by atoms with Crippen LogP contribution in [-0.4, -0.2) is 64.2 Å². The number of nitrogens with one attached hydrogen (secondary N) is 2. The van der Waals surface area contributed by atoms with E-state index in [1.54, 1.807) is 11.9 Å². The highest BCUT2D eigenvalue weighted by molar-refractivity contribution is 6.32. The molecule has 1 aliphatic heterocycles. The van der Waals surface area contributed by atoms with Gasteiger partial charge in [-0.2, -0.15) is 0 Å². The van der Waals surface area contributed by atoms with Gasteiger partial charge < -0.3 is 25.0 Å². The van der Waals surface area contributed by atoms with Crippen LogP contribution in [0.15, 0.2) is 17.1 Å². The van der Waals surface area contributed by atoms with E-state index in [1.165, 1.54) is 0 Å². The molecule has 160 valence electrons. The summed E-state index contributed by atoms with van der Waals surface area (Å²) in [4.78, 5) is 18.7. The average molecular weight is 423 g/mol. The Hall–Kier alpha value is -2.15. The van der Waals surface area contributed by atoms with E-state index in [1.807, 2.05) is 26.2 Å². The van der Waals surface area contributed by atoms with E-state index in [9.17, 15) is 4.79 Å². The van der Waals surface area contributed by atoms with E-state index >= 15 is 0 Å². The maximum absolute atomic E-state index is 12.7. The first-order valence-electron chi connectivity index (χ1n) is 10.2. The van der Waals surface area contributed by atoms with Crippen LogP contribution in [0.3, 0.4) is 0 Å². The normalized spacial score (nSPS) is 17.7. The molecule has 1 aromatic rings. The van der Waals surface area contributed by atoms with Crippen LogP contribution in [0.2, 0.25) is 5.02 Å². The predicted octanol–water partition coefficient (Wildman–Crippen LogP) is 2.47. The molecule has 0 spiro atoms. The van der Waals surface area contributed by atoms with Crippen LogP contribution in [0, 0.1) is 5.41 Å². The van der Waals surface area contributed by atoms with E-state index in [-0.39, 0.29) is 11.3 Å². The van der Waals surface area contributed by atoms with Gasteiger partial charge in [0.25, 0.3) is 0 Å². The fraction of sp³-hybridized carbons (Fsp3) is 0.619. The third-order valence-corrected chi connectivity index (χ3v) is 5.88. The van der Waals surface area contributed by atoms with Gasteiger partial charge in [0.2, 0.25) is 5.91 Å². The summed E-state index contributed by atoms with van der Waals surface area (Å²) in [6, 6.07) is 3.89. The zero-order valence-electron chi connectivity index (χ0n) is 17.5. The topological polar surface area (TPSA) is 75.2 Å². The van der Waals surface area contributed by atoms with Crippen molar-refractivity contribution in [1.82, 2.24) is 15.5 Å². The monoisotopic (exact) mass is 422 g/mol. The molecule has 1 heterocycles. The van der Waals surface area contributed by atoms with E-state index in [0.717, 1.165) is 37.7 Å². The number of guanidine groups is 1. The highest BCUT2D eigenvalue weighted by Gasteiger charge is 2.42. The van der Waals surface area contributed by atoms with Gasteiger partial charge in [-0.25, -0.2) is 0 Å². The molecule has 2 aliphatic rings. The summed E-state index contributed by atoms with van der Waals surface area (Å²) in [5, 5.41) is 7.26. The maximum Gasteiger partial charge on any atom is 0.230 e. The van der Waals surface area contributed by atoms with Crippen LogP contribution in [0.25, 0.3) is 0 Å². The van der Waals surface area contributed by atoms with Crippen molar-refractivity contribution in [1.29, 1.82) is 0 Å². The summed E-state index contributed by atoms with van der Waals surface area (Å²) in [6.45, 7) is 2.34. The summed E-state index contributed by atoms with van der Waals surface area (Å²) in [5.74, 6) is 2.22. The number of rotatable bonds is 6. The van der Waals surface area contributed by atoms with Gasteiger partial charge in [0, 0.05) is 34.2 Å². The number of carbonyl (C=O) groups excluding carboxylic acids is 1. The lowest BCUT2D eigenvalue weighted by atomic mass is 9.84. The number of halogens is 1. The van der Waals surface area contributed by atoms with Crippen molar-refractivity contribution in [2.75, 3.05) is 47.4 Å². The quantitative estimate of drug-likeness (QED) is 0.544. The van der Waals surface area contributed by atoms with E-state index in [4.69, 9.17) is 21.1 Å². The fourth-order valence-corrected chi connectivity index (χ4v) is 4.39. The first-order chi connectivity index (χ1) is 13.9. The smallest absolute Gasteiger partial charge is 0.230 e. The molecule has 0 saturated heterocycles. The Labute approximate surface area is 177 Å². The van der Waals surface area contributed by atoms with Gasteiger partial charge in [0.05, 0.1) is 10.4 Å². The Balaban J connectivity index is 1.53. The molecular weight excluding hydrogens is 392 g/mol. The van der Waals surface area contributed by atoms with Crippen LogP contribution in [0.5, 0.6) is 11.5 Å². The minimum absolute atomic E-state index is 0.198. The molecule has 0 bridgehead atoms. The zero-order valence-corrected chi connectivity index (χ0v) is 18.3. The number of ether oxygens (including phenoxy) is 2. The average Bonchev–Trinajstić information content (AvgIpc) is 3.20. The number of fused-ring (bicyclic) bond motifs is 1. The van der Waals surface area contributed by atoms with Gasteiger partial charge in [-0.15, -0.1) is 0 Å². The second kappa shape index (κ2) is 9.57. The largest absolute Gasteiger partial charge is 0.486 e. The van der Waals surface area contributed by atoms with Crippen molar-refractivity contribution in [3.8, 4) is 11.5 Å². The number of aliphatic imine (C=N–C) groups is 1. The number of benzene rings is 1. The Bertz CT molecular complexity index is 761. The number of amides is 1. The molecule has 1 amide bonds. The van der Waals surface area contributed by atoms with Crippen LogP contribution in [0.1, 0.15) is 31.2 Å². The molecule has 0 atom stereocenters. The molecule has 1 aromatic carbocycles. The van der Waals surface area contributed by atoms with Gasteiger partial charge >= 0.3 is 0 Å². The fourth-order valence-electron chi connectivity index (χ4n) is 4.10. The molecule has 3 rings (SSSR count). The summed E-state index contributed by atoms with van der Waals surface area (Å²) >= 11 is 6.31. The molecule has 0 aromatic heterocycles. The molecule has 1 aliphatic carbocycles. The van der Waals surface area contributed by atoms with Crippen molar-refractivity contribution in [2.24, 2.45) is 10.4 Å². The first-order valence-corrected chi connectivity index (χ1v) is 10.6. The van der Waals surface area contributed by atoms with Gasteiger partial charge in [-0.05, 0) is 37.0 Å². The van der Waals surface area contributed by atoms with Crippen LogP contribution in [0.4, 0.5) is 0 Å². The number of hydrogen-bond donors (Lipinski definition) is 2. The van der Waals surface area contributed by atoms with Crippen LogP contribution < -0.4 is 20.1 Å².